The van der Waals surface area contributed by atoms with E-state index in [1.807, 2.05) is 0 Å². The summed E-state index contributed by atoms with van der Waals surface area (Å²) in [6.45, 7) is 1.20. The third-order valence-electron chi connectivity index (χ3n) is 3.22. The number of phenolic OH excluding ortho intramolecular Hbond substituents is 1. The molecule has 0 unspecified atom stereocenters. The number of hydrogen-bond donors (Lipinski definition) is 3. The van der Waals surface area contributed by atoms with E-state index >= 15 is 0 Å². The van der Waals surface area contributed by atoms with Crippen LogP contribution in [0.4, 0.5) is 11.4 Å². The Kier molecular flexibility index (Phi) is 5.26. The molecule has 2 rings (SSSR count). The number of aromatic carboxylic acids is 1. The van der Waals surface area contributed by atoms with E-state index in [2.05, 4.69) is 5.32 Å². The first-order valence-corrected chi connectivity index (χ1v) is 7.11. The number of carbonyl (C=O) groups excluding carboxylic acids is 1. The lowest BCUT2D eigenvalue weighted by Crippen LogP contribution is -2.08. The number of aromatic hydroxyl groups is 1. The molecule has 2 aromatic carbocycles. The van der Waals surface area contributed by atoms with Crippen molar-refractivity contribution in [2.45, 2.75) is 6.92 Å². The number of nitro groups is 1. The number of amides is 1. The van der Waals surface area contributed by atoms with Gasteiger partial charge in [-0.1, -0.05) is 0 Å². The van der Waals surface area contributed by atoms with Gasteiger partial charge in [0.05, 0.1) is 18.1 Å². The van der Waals surface area contributed by atoms with Crippen LogP contribution in [-0.2, 0) is 4.79 Å². The quantitative estimate of drug-likeness (QED) is 0.403. The van der Waals surface area contributed by atoms with Crippen molar-refractivity contribution in [1.82, 2.24) is 0 Å². The maximum atomic E-state index is 11.4. The second kappa shape index (κ2) is 7.38. The Balaban J connectivity index is 2.61. The van der Waals surface area contributed by atoms with Crippen LogP contribution in [0.2, 0.25) is 0 Å². The van der Waals surface area contributed by atoms with Crippen molar-refractivity contribution in [2.75, 3.05) is 12.4 Å². The van der Waals surface area contributed by atoms with E-state index in [0.717, 1.165) is 18.2 Å². The molecule has 0 heterocycles. The van der Waals surface area contributed by atoms with Crippen LogP contribution >= 0.6 is 0 Å². The Bertz CT molecular complexity index is 894. The maximum absolute atomic E-state index is 11.4. The van der Waals surface area contributed by atoms with Crippen LogP contribution in [0.3, 0.4) is 0 Å². The fourth-order valence-electron chi connectivity index (χ4n) is 2.08. The number of carboxylic acids is 1. The molecule has 0 saturated heterocycles. The lowest BCUT2D eigenvalue weighted by atomic mass is 10.1. The molecule has 0 spiro atoms. The average molecular weight is 362 g/mol. The van der Waals surface area contributed by atoms with E-state index < -0.39 is 28.2 Å². The van der Waals surface area contributed by atoms with Crippen molar-refractivity contribution in [3.05, 3.63) is 46.0 Å². The van der Waals surface area contributed by atoms with Gasteiger partial charge in [0.25, 0.3) is 5.69 Å². The molecule has 136 valence electrons. The molecule has 0 aliphatic rings. The third kappa shape index (κ3) is 3.98. The van der Waals surface area contributed by atoms with Crippen LogP contribution in [0.25, 0.3) is 0 Å². The fraction of sp³-hybridized carbons (Fsp3) is 0.125. The highest BCUT2D eigenvalue weighted by atomic mass is 16.6. The van der Waals surface area contributed by atoms with Gasteiger partial charge in [-0.05, 0) is 6.07 Å². The summed E-state index contributed by atoms with van der Waals surface area (Å²) in [6.07, 6.45) is 0. The van der Waals surface area contributed by atoms with Crippen LogP contribution in [0.1, 0.15) is 17.3 Å². The normalized spacial score (nSPS) is 10.1. The Labute approximate surface area is 146 Å². The zero-order chi connectivity index (χ0) is 19.4. The standard InChI is InChI=1S/C16H14N2O8/c1-8(19)17-15-12(20)6-10(25-2)7-14(15)26-13-5-9(18(23)24)3-4-11(13)16(21)22/h3-7,20H,1-2H3,(H,17,19)(H,21,22). The lowest BCUT2D eigenvalue weighted by Gasteiger charge is -2.15. The summed E-state index contributed by atoms with van der Waals surface area (Å²) in [5.41, 5.74) is -0.869. The number of benzene rings is 2. The zero-order valence-electron chi connectivity index (χ0n) is 13.7. The summed E-state index contributed by atoms with van der Waals surface area (Å²) in [7, 11) is 1.33. The number of rotatable bonds is 6. The SMILES string of the molecule is COc1cc(O)c(NC(C)=O)c(Oc2cc([N+](=O)[O-])ccc2C(=O)O)c1. The van der Waals surface area contributed by atoms with Crippen molar-refractivity contribution in [1.29, 1.82) is 0 Å². The number of nitro benzene ring substituents is 1. The smallest absolute Gasteiger partial charge is 0.339 e. The number of carbonyl (C=O) groups is 2. The Hall–Kier alpha value is -3.82. The van der Waals surface area contributed by atoms with Gasteiger partial charge in [0.1, 0.15) is 28.5 Å². The molecule has 0 bridgehead atoms. The van der Waals surface area contributed by atoms with Gasteiger partial charge >= 0.3 is 5.97 Å². The lowest BCUT2D eigenvalue weighted by molar-refractivity contribution is -0.384. The van der Waals surface area contributed by atoms with E-state index in [9.17, 15) is 29.9 Å². The van der Waals surface area contributed by atoms with Crippen molar-refractivity contribution >= 4 is 23.3 Å². The van der Waals surface area contributed by atoms with Crippen molar-refractivity contribution < 1.29 is 34.2 Å². The summed E-state index contributed by atoms with van der Waals surface area (Å²) in [5.74, 6) is -2.62. The summed E-state index contributed by atoms with van der Waals surface area (Å²) in [4.78, 5) is 32.9. The second-order valence-corrected chi connectivity index (χ2v) is 5.05. The zero-order valence-corrected chi connectivity index (χ0v) is 13.7. The van der Waals surface area contributed by atoms with Crippen LogP contribution in [0.5, 0.6) is 23.0 Å². The van der Waals surface area contributed by atoms with Crippen LogP contribution < -0.4 is 14.8 Å². The number of methoxy groups -OCH3 is 1. The molecule has 1 amide bonds. The van der Waals surface area contributed by atoms with Gasteiger partial charge in [0.15, 0.2) is 5.75 Å². The number of non-ortho nitro benzene ring substituents is 1. The topological polar surface area (TPSA) is 148 Å². The van der Waals surface area contributed by atoms with E-state index in [-0.39, 0.29) is 28.5 Å². The Morgan fingerprint density at radius 1 is 1.19 bits per heavy atom. The summed E-state index contributed by atoms with van der Waals surface area (Å²) >= 11 is 0. The molecule has 10 heteroatoms. The summed E-state index contributed by atoms with van der Waals surface area (Å²) in [5, 5.41) is 32.6. The van der Waals surface area contributed by atoms with Gasteiger partial charge in [0.2, 0.25) is 5.91 Å². The minimum absolute atomic E-state index is 0.138. The number of phenols is 1. The van der Waals surface area contributed by atoms with Gasteiger partial charge < -0.3 is 25.0 Å². The molecule has 26 heavy (non-hydrogen) atoms. The number of hydrogen-bond acceptors (Lipinski definition) is 7. The average Bonchev–Trinajstić information content (AvgIpc) is 2.56. The monoisotopic (exact) mass is 362 g/mol. The minimum Gasteiger partial charge on any atom is -0.505 e. The first-order valence-electron chi connectivity index (χ1n) is 7.11. The molecule has 0 radical (unpaired) electrons. The van der Waals surface area contributed by atoms with E-state index in [1.54, 1.807) is 0 Å². The van der Waals surface area contributed by atoms with Crippen molar-refractivity contribution in [3.63, 3.8) is 0 Å². The van der Waals surface area contributed by atoms with E-state index in [0.29, 0.717) is 0 Å². The third-order valence-corrected chi connectivity index (χ3v) is 3.22. The summed E-state index contributed by atoms with van der Waals surface area (Å²) in [6, 6.07) is 5.47. The highest BCUT2D eigenvalue weighted by Crippen LogP contribution is 2.41. The number of carboxylic acid groups (broad SMARTS) is 1. The maximum Gasteiger partial charge on any atom is 0.339 e. The van der Waals surface area contributed by atoms with Crippen LogP contribution in [0, 0.1) is 10.1 Å². The molecule has 2 aromatic rings. The molecule has 0 aliphatic carbocycles. The van der Waals surface area contributed by atoms with Crippen molar-refractivity contribution in [2.24, 2.45) is 0 Å². The van der Waals surface area contributed by atoms with Gasteiger partial charge in [0, 0.05) is 25.1 Å². The fourth-order valence-corrected chi connectivity index (χ4v) is 2.08. The van der Waals surface area contributed by atoms with Gasteiger partial charge in [-0.15, -0.1) is 0 Å². The number of ether oxygens (including phenoxy) is 2. The predicted octanol–water partition coefficient (Wildman–Crippen LogP) is 2.76. The Morgan fingerprint density at radius 3 is 2.42 bits per heavy atom. The van der Waals surface area contributed by atoms with Gasteiger partial charge in [-0.3, -0.25) is 14.9 Å². The van der Waals surface area contributed by atoms with Crippen LogP contribution in [-0.4, -0.2) is 34.1 Å². The molecule has 10 nitrogen and oxygen atoms in total. The molecule has 0 saturated carbocycles. The number of nitrogens with zero attached hydrogens (tertiary/aromatic N) is 1. The van der Waals surface area contributed by atoms with E-state index in [1.165, 1.54) is 26.2 Å². The molecule has 0 atom stereocenters. The largest absolute Gasteiger partial charge is 0.505 e. The molecule has 0 fully saturated rings. The van der Waals surface area contributed by atoms with E-state index in [4.69, 9.17) is 9.47 Å². The predicted molar refractivity (Wildman–Crippen MR) is 89.1 cm³/mol. The van der Waals surface area contributed by atoms with Gasteiger partial charge in [-0.25, -0.2) is 4.79 Å². The highest BCUT2D eigenvalue weighted by molar-refractivity contribution is 5.94. The second-order valence-electron chi connectivity index (χ2n) is 5.05. The van der Waals surface area contributed by atoms with Gasteiger partial charge in [-0.2, -0.15) is 0 Å². The first kappa shape index (κ1) is 18.5. The molecule has 0 aromatic heterocycles. The molecule has 3 N–H and O–H groups in total. The minimum atomic E-state index is -1.37. The first-order chi connectivity index (χ1) is 12.2. The number of anilines is 1. The highest BCUT2D eigenvalue weighted by Gasteiger charge is 2.20. The van der Waals surface area contributed by atoms with Crippen LogP contribution in [0.15, 0.2) is 30.3 Å². The summed E-state index contributed by atoms with van der Waals surface area (Å²) < 4.78 is 10.5. The molecule has 0 aliphatic heterocycles. The Morgan fingerprint density at radius 2 is 1.88 bits per heavy atom. The number of nitrogens with one attached hydrogen (secondary N) is 1. The molecular formula is C16H14N2O8. The van der Waals surface area contributed by atoms with Crippen molar-refractivity contribution in [3.8, 4) is 23.0 Å². The molecular weight excluding hydrogens is 348 g/mol.